The first-order valence-corrected chi connectivity index (χ1v) is 12.1. The Kier molecular flexibility index (Phi) is 8.77. The van der Waals surface area contributed by atoms with Gasteiger partial charge in [0.25, 0.3) is 0 Å². The summed E-state index contributed by atoms with van der Waals surface area (Å²) in [6.07, 6.45) is -0.370. The van der Waals surface area contributed by atoms with Crippen molar-refractivity contribution < 1.29 is 28.7 Å². The van der Waals surface area contributed by atoms with Crippen molar-refractivity contribution in [2.45, 2.75) is 92.1 Å². The Labute approximate surface area is 207 Å². The van der Waals surface area contributed by atoms with Crippen LogP contribution in [0.1, 0.15) is 72.4 Å². The number of aliphatic hydroxyl groups is 1. The number of benzene rings is 1. The standard InChI is InChI=1S/C25H38ClN3O5/c1-16-9-8-12-29(16,21(31)20(30)24(2,3)4)22(32)27-15-18-13-19(26)11-10-17(18)14-28-23(33)34-25(5,6)7/h10-11,13,16,20,30H,8-9,12,14-15H2,1-7H3,(H-,27,28,32,33)/p+1/t16-,20+,29?/m1/s1. The number of hydrogen-bond acceptors (Lipinski definition) is 5. The van der Waals surface area contributed by atoms with Gasteiger partial charge in [0.2, 0.25) is 0 Å². The minimum Gasteiger partial charge on any atom is -0.444 e. The highest BCUT2D eigenvalue weighted by Gasteiger charge is 2.56. The molecule has 8 nitrogen and oxygen atoms in total. The Balaban J connectivity index is 2.19. The number of hydrogen-bond donors (Lipinski definition) is 3. The van der Waals surface area contributed by atoms with Crippen molar-refractivity contribution in [2.75, 3.05) is 6.54 Å². The summed E-state index contributed by atoms with van der Waals surface area (Å²) in [5.41, 5.74) is 0.177. The summed E-state index contributed by atoms with van der Waals surface area (Å²) < 4.78 is 4.85. The van der Waals surface area contributed by atoms with Gasteiger partial charge < -0.3 is 20.5 Å². The van der Waals surface area contributed by atoms with Crippen molar-refractivity contribution in [1.29, 1.82) is 0 Å². The van der Waals surface area contributed by atoms with E-state index in [-0.39, 0.29) is 19.1 Å². The second-order valence-corrected chi connectivity index (χ2v) is 11.6. The average Bonchev–Trinajstić information content (AvgIpc) is 3.10. The molecule has 1 aliphatic rings. The molecule has 0 bridgehead atoms. The lowest BCUT2D eigenvalue weighted by Gasteiger charge is -2.37. The molecule has 190 valence electrons. The smallest absolute Gasteiger partial charge is 0.424 e. The van der Waals surface area contributed by atoms with Crippen LogP contribution < -0.4 is 10.6 Å². The Bertz CT molecular complexity index is 922. The number of aliphatic hydroxyl groups excluding tert-OH is 1. The molecule has 0 saturated carbocycles. The van der Waals surface area contributed by atoms with Crippen LogP contribution in [-0.2, 0) is 22.6 Å². The molecule has 0 radical (unpaired) electrons. The number of rotatable bonds is 5. The SMILES string of the molecule is C[C@@H]1CCC[N+]1(C(=O)NCc1cc(Cl)ccc1CNC(=O)OC(C)(C)C)C(=O)[C@H](O)C(C)(C)C. The minimum absolute atomic E-state index is 0.121. The number of likely N-dealkylation sites (tertiary alicyclic amines) is 1. The molecule has 1 aliphatic heterocycles. The molecule has 0 spiro atoms. The fourth-order valence-corrected chi connectivity index (χ4v) is 4.31. The van der Waals surface area contributed by atoms with Crippen molar-refractivity contribution in [3.05, 3.63) is 34.3 Å². The molecule has 1 aromatic rings. The van der Waals surface area contributed by atoms with Crippen LogP contribution in [0, 0.1) is 5.41 Å². The van der Waals surface area contributed by atoms with Crippen molar-refractivity contribution in [3.63, 3.8) is 0 Å². The highest BCUT2D eigenvalue weighted by molar-refractivity contribution is 6.30. The van der Waals surface area contributed by atoms with Gasteiger partial charge in [-0.1, -0.05) is 38.4 Å². The number of imide groups is 1. The maximum absolute atomic E-state index is 13.4. The minimum atomic E-state index is -1.27. The first-order valence-electron chi connectivity index (χ1n) is 11.7. The normalized spacial score (nSPS) is 21.6. The predicted molar refractivity (Wildman–Crippen MR) is 131 cm³/mol. The predicted octanol–water partition coefficient (Wildman–Crippen LogP) is 4.51. The summed E-state index contributed by atoms with van der Waals surface area (Å²) in [7, 11) is 0. The molecule has 4 amide bonds. The quantitative estimate of drug-likeness (QED) is 0.520. The molecule has 2 rings (SSSR count). The van der Waals surface area contributed by atoms with Crippen LogP contribution in [-0.4, -0.2) is 51.9 Å². The van der Waals surface area contributed by atoms with Gasteiger partial charge in [-0.25, -0.2) is 14.4 Å². The number of ether oxygens (including phenoxy) is 1. The molecule has 0 aromatic heterocycles. The number of amides is 4. The molecular formula is C25H39ClN3O5+. The lowest BCUT2D eigenvalue weighted by atomic mass is 9.87. The molecule has 0 aliphatic carbocycles. The van der Waals surface area contributed by atoms with Gasteiger partial charge in [0.15, 0.2) is 6.10 Å². The molecule has 1 fully saturated rings. The monoisotopic (exact) mass is 496 g/mol. The average molecular weight is 497 g/mol. The molecule has 1 heterocycles. The Morgan fingerprint density at radius 2 is 1.74 bits per heavy atom. The summed E-state index contributed by atoms with van der Waals surface area (Å²) in [6.45, 7) is 13.2. The van der Waals surface area contributed by atoms with E-state index in [1.165, 1.54) is 0 Å². The van der Waals surface area contributed by atoms with Crippen molar-refractivity contribution in [2.24, 2.45) is 5.41 Å². The van der Waals surface area contributed by atoms with Gasteiger partial charge in [-0.2, -0.15) is 4.48 Å². The van der Waals surface area contributed by atoms with Gasteiger partial charge in [-0.3, -0.25) is 0 Å². The van der Waals surface area contributed by atoms with Gasteiger partial charge >= 0.3 is 18.0 Å². The van der Waals surface area contributed by atoms with Crippen LogP contribution in [0.25, 0.3) is 0 Å². The molecule has 34 heavy (non-hydrogen) atoms. The summed E-state index contributed by atoms with van der Waals surface area (Å²) in [6, 6.07) is 4.52. The van der Waals surface area contributed by atoms with Crippen molar-refractivity contribution >= 4 is 29.6 Å². The summed E-state index contributed by atoms with van der Waals surface area (Å²) in [5.74, 6) is -0.479. The van der Waals surface area contributed by atoms with Gasteiger partial charge in [-0.05, 0) is 51.0 Å². The van der Waals surface area contributed by atoms with E-state index in [0.717, 1.165) is 18.4 Å². The molecule has 1 saturated heterocycles. The molecule has 1 unspecified atom stereocenters. The van der Waals surface area contributed by atoms with Gasteiger partial charge in [0.1, 0.15) is 11.6 Å². The lowest BCUT2D eigenvalue weighted by Crippen LogP contribution is -2.66. The highest BCUT2D eigenvalue weighted by atomic mass is 35.5. The second kappa shape index (κ2) is 10.6. The van der Waals surface area contributed by atoms with Crippen molar-refractivity contribution in [3.8, 4) is 0 Å². The summed E-state index contributed by atoms with van der Waals surface area (Å²) >= 11 is 6.19. The Morgan fingerprint density at radius 3 is 2.26 bits per heavy atom. The van der Waals surface area contributed by atoms with Crippen LogP contribution in [0.2, 0.25) is 5.02 Å². The van der Waals surface area contributed by atoms with E-state index < -0.39 is 39.6 Å². The number of nitrogens with zero attached hydrogens (tertiary/aromatic N) is 1. The first-order chi connectivity index (χ1) is 15.6. The molecule has 3 N–H and O–H groups in total. The van der Waals surface area contributed by atoms with Crippen molar-refractivity contribution in [1.82, 2.24) is 10.6 Å². The maximum Gasteiger partial charge on any atom is 0.424 e. The van der Waals surface area contributed by atoms with E-state index in [9.17, 15) is 19.5 Å². The number of urea groups is 1. The number of carbonyl (C=O) groups is 3. The number of carbonyl (C=O) groups excluding carboxylic acids is 3. The zero-order valence-electron chi connectivity index (χ0n) is 21.3. The zero-order valence-corrected chi connectivity index (χ0v) is 22.1. The van der Waals surface area contributed by atoms with Crippen LogP contribution in [0.5, 0.6) is 0 Å². The van der Waals surface area contributed by atoms with Gasteiger partial charge in [-0.15, -0.1) is 0 Å². The summed E-state index contributed by atoms with van der Waals surface area (Å²) in [5, 5.41) is 16.8. The second-order valence-electron chi connectivity index (χ2n) is 11.1. The van der Waals surface area contributed by atoms with E-state index >= 15 is 0 Å². The Hall–Kier alpha value is -2.16. The topological polar surface area (TPSA) is 105 Å². The van der Waals surface area contributed by atoms with Crippen LogP contribution in [0.15, 0.2) is 18.2 Å². The van der Waals surface area contributed by atoms with E-state index in [1.807, 2.05) is 6.92 Å². The fourth-order valence-electron chi connectivity index (χ4n) is 4.12. The molecular weight excluding hydrogens is 458 g/mol. The highest BCUT2D eigenvalue weighted by Crippen LogP contribution is 2.33. The molecule has 3 atom stereocenters. The number of nitrogens with one attached hydrogen (secondary N) is 2. The lowest BCUT2D eigenvalue weighted by molar-refractivity contribution is -0.787. The molecule has 9 heteroatoms. The third-order valence-corrected chi connectivity index (χ3v) is 6.35. The number of quaternary nitrogens is 1. The van der Waals surface area contributed by atoms with E-state index in [0.29, 0.717) is 17.1 Å². The van der Waals surface area contributed by atoms with Gasteiger partial charge in [0, 0.05) is 36.4 Å². The van der Waals surface area contributed by atoms with E-state index in [1.54, 1.807) is 59.7 Å². The van der Waals surface area contributed by atoms with Gasteiger partial charge in [0.05, 0.1) is 6.54 Å². The van der Waals surface area contributed by atoms with Crippen LogP contribution in [0.3, 0.4) is 0 Å². The van der Waals surface area contributed by atoms with Crippen LogP contribution >= 0.6 is 11.6 Å². The summed E-state index contributed by atoms with van der Waals surface area (Å²) in [4.78, 5) is 38.9. The van der Waals surface area contributed by atoms with E-state index in [4.69, 9.17) is 16.3 Å². The number of alkyl carbamates (subject to hydrolysis) is 1. The van der Waals surface area contributed by atoms with E-state index in [2.05, 4.69) is 10.6 Å². The van der Waals surface area contributed by atoms with Crippen LogP contribution in [0.4, 0.5) is 9.59 Å². The maximum atomic E-state index is 13.4. The third-order valence-electron chi connectivity index (χ3n) is 6.12. The first kappa shape index (κ1) is 28.1. The third kappa shape index (κ3) is 6.71. The fraction of sp³-hybridized carbons (Fsp3) is 0.640. The zero-order chi connectivity index (χ0) is 25.9. The largest absolute Gasteiger partial charge is 0.444 e. The molecule has 1 aromatic carbocycles. The Morgan fingerprint density at radius 1 is 1.12 bits per heavy atom. The number of halogens is 1.